The molecule has 1 aromatic heterocycles. The van der Waals surface area contributed by atoms with Crippen LogP contribution in [0.1, 0.15) is 26.6 Å². The maximum Gasteiger partial charge on any atom is 0.434 e. The van der Waals surface area contributed by atoms with Gasteiger partial charge in [-0.25, -0.2) is 9.78 Å². The Morgan fingerprint density at radius 1 is 1.28 bits per heavy atom. The standard InChI is InChI=1S/C15H15F3N4O2S/c1-22(7-12-21-11(8-25-12)15(16,17)18)13(23)10-4-2-9(3-5-10)6-20-14(19)24/h2-5,8H,6-7H2,1H3,(H3,19,20,24). The highest BCUT2D eigenvalue weighted by atomic mass is 32.1. The summed E-state index contributed by atoms with van der Waals surface area (Å²) in [5, 5.41) is 3.55. The third kappa shape index (κ3) is 5.18. The number of nitrogens with two attached hydrogens (primary N) is 1. The number of aromatic nitrogens is 1. The van der Waals surface area contributed by atoms with Crippen molar-refractivity contribution in [2.75, 3.05) is 7.05 Å². The Labute approximate surface area is 145 Å². The van der Waals surface area contributed by atoms with Crippen molar-refractivity contribution in [1.82, 2.24) is 15.2 Å². The van der Waals surface area contributed by atoms with Gasteiger partial charge in [-0.05, 0) is 17.7 Å². The van der Waals surface area contributed by atoms with Gasteiger partial charge in [0.15, 0.2) is 5.69 Å². The number of amides is 3. The van der Waals surface area contributed by atoms with E-state index in [0.717, 1.165) is 22.3 Å². The van der Waals surface area contributed by atoms with E-state index in [0.29, 0.717) is 5.56 Å². The van der Waals surface area contributed by atoms with E-state index < -0.39 is 17.9 Å². The molecule has 25 heavy (non-hydrogen) atoms. The van der Waals surface area contributed by atoms with Gasteiger partial charge in [0.25, 0.3) is 5.91 Å². The maximum atomic E-state index is 12.5. The van der Waals surface area contributed by atoms with Gasteiger partial charge in [0, 0.05) is 24.5 Å². The van der Waals surface area contributed by atoms with E-state index >= 15 is 0 Å². The number of urea groups is 1. The molecule has 0 unspecified atom stereocenters. The predicted octanol–water partition coefficient (Wildman–Crippen LogP) is 2.60. The van der Waals surface area contributed by atoms with E-state index in [-0.39, 0.29) is 24.0 Å². The zero-order chi connectivity index (χ0) is 18.6. The van der Waals surface area contributed by atoms with Gasteiger partial charge in [-0.2, -0.15) is 13.2 Å². The summed E-state index contributed by atoms with van der Waals surface area (Å²) >= 11 is 0.852. The van der Waals surface area contributed by atoms with Gasteiger partial charge < -0.3 is 16.0 Å². The van der Waals surface area contributed by atoms with E-state index in [1.165, 1.54) is 11.9 Å². The number of alkyl halides is 3. The van der Waals surface area contributed by atoms with E-state index in [1.54, 1.807) is 24.3 Å². The number of thiazole rings is 1. The second-order valence-electron chi connectivity index (χ2n) is 5.20. The molecule has 3 amide bonds. The van der Waals surface area contributed by atoms with E-state index in [2.05, 4.69) is 10.3 Å². The third-order valence-corrected chi connectivity index (χ3v) is 4.06. The smallest absolute Gasteiger partial charge is 0.352 e. The fourth-order valence-electron chi connectivity index (χ4n) is 1.96. The molecule has 0 spiro atoms. The Kier molecular flexibility index (Phi) is 5.62. The average Bonchev–Trinajstić information content (AvgIpc) is 3.01. The number of hydrogen-bond donors (Lipinski definition) is 2. The largest absolute Gasteiger partial charge is 0.434 e. The number of nitrogens with one attached hydrogen (secondary N) is 1. The number of benzene rings is 1. The van der Waals surface area contributed by atoms with Crippen LogP contribution in [0, 0.1) is 0 Å². The molecule has 0 radical (unpaired) electrons. The van der Waals surface area contributed by atoms with Crippen LogP contribution in [0.15, 0.2) is 29.6 Å². The number of hydrogen-bond acceptors (Lipinski definition) is 4. The summed E-state index contributed by atoms with van der Waals surface area (Å²) in [7, 11) is 1.49. The Balaban J connectivity index is 1.99. The van der Waals surface area contributed by atoms with Crippen LogP contribution in [0.2, 0.25) is 0 Å². The minimum absolute atomic E-state index is 0.0233. The van der Waals surface area contributed by atoms with E-state index in [9.17, 15) is 22.8 Å². The Bertz CT molecular complexity index is 759. The van der Waals surface area contributed by atoms with Crippen molar-refractivity contribution in [3.8, 4) is 0 Å². The molecule has 1 heterocycles. The van der Waals surface area contributed by atoms with Crippen molar-refractivity contribution in [3.05, 3.63) is 51.5 Å². The van der Waals surface area contributed by atoms with Gasteiger partial charge in [-0.1, -0.05) is 12.1 Å². The first-order valence-electron chi connectivity index (χ1n) is 7.06. The summed E-state index contributed by atoms with van der Waals surface area (Å²) < 4.78 is 37.6. The van der Waals surface area contributed by atoms with Crippen LogP contribution in [0.5, 0.6) is 0 Å². The number of nitrogens with zero attached hydrogens (tertiary/aromatic N) is 2. The van der Waals surface area contributed by atoms with Crippen LogP contribution in [-0.4, -0.2) is 28.9 Å². The SMILES string of the molecule is CN(Cc1nc(C(F)(F)F)cs1)C(=O)c1ccc(CNC(N)=O)cc1. The minimum Gasteiger partial charge on any atom is -0.352 e. The first kappa shape index (κ1) is 18.7. The third-order valence-electron chi connectivity index (χ3n) is 3.23. The summed E-state index contributed by atoms with van der Waals surface area (Å²) in [5.74, 6) is -0.349. The highest BCUT2D eigenvalue weighted by molar-refractivity contribution is 7.09. The number of primary amides is 1. The fraction of sp³-hybridized carbons (Fsp3) is 0.267. The molecule has 0 bridgehead atoms. The molecule has 0 saturated heterocycles. The lowest BCUT2D eigenvalue weighted by atomic mass is 10.1. The van der Waals surface area contributed by atoms with Crippen molar-refractivity contribution < 1.29 is 22.8 Å². The number of halogens is 3. The molecule has 0 saturated carbocycles. The number of carbonyl (C=O) groups is 2. The number of carbonyl (C=O) groups excluding carboxylic acids is 2. The zero-order valence-corrected chi connectivity index (χ0v) is 13.9. The highest BCUT2D eigenvalue weighted by Gasteiger charge is 2.33. The molecule has 2 rings (SSSR count). The van der Waals surface area contributed by atoms with Crippen LogP contribution in [0.3, 0.4) is 0 Å². The van der Waals surface area contributed by atoms with Crippen molar-refractivity contribution in [1.29, 1.82) is 0 Å². The lowest BCUT2D eigenvalue weighted by Gasteiger charge is -2.16. The second-order valence-corrected chi connectivity index (χ2v) is 6.14. The van der Waals surface area contributed by atoms with Crippen molar-refractivity contribution in [3.63, 3.8) is 0 Å². The number of rotatable bonds is 5. The average molecular weight is 372 g/mol. The molecule has 0 atom stereocenters. The minimum atomic E-state index is -4.49. The molecule has 0 aliphatic carbocycles. The van der Waals surface area contributed by atoms with Crippen LogP contribution in [0.4, 0.5) is 18.0 Å². The summed E-state index contributed by atoms with van der Waals surface area (Å²) in [5.41, 5.74) is 5.15. The zero-order valence-electron chi connectivity index (χ0n) is 13.1. The lowest BCUT2D eigenvalue weighted by molar-refractivity contribution is -0.140. The Morgan fingerprint density at radius 3 is 2.44 bits per heavy atom. The van der Waals surface area contributed by atoms with Crippen LogP contribution in [-0.2, 0) is 19.3 Å². The Hall–Kier alpha value is -2.62. The van der Waals surface area contributed by atoms with Crippen molar-refractivity contribution in [2.45, 2.75) is 19.3 Å². The quantitative estimate of drug-likeness (QED) is 0.846. The molecule has 1 aromatic carbocycles. The summed E-state index contributed by atoms with van der Waals surface area (Å²) in [6.45, 7) is 0.212. The molecule has 10 heteroatoms. The van der Waals surface area contributed by atoms with E-state index in [1.807, 2.05) is 0 Å². The monoisotopic (exact) mass is 372 g/mol. The van der Waals surface area contributed by atoms with Crippen molar-refractivity contribution in [2.24, 2.45) is 5.73 Å². The molecule has 0 aliphatic rings. The van der Waals surface area contributed by atoms with Crippen LogP contribution < -0.4 is 11.1 Å². The predicted molar refractivity (Wildman–Crippen MR) is 85.8 cm³/mol. The summed E-state index contributed by atoms with van der Waals surface area (Å²) in [6.07, 6.45) is -4.49. The molecular formula is C15H15F3N4O2S. The summed E-state index contributed by atoms with van der Waals surface area (Å²) in [6, 6.07) is 5.80. The second kappa shape index (κ2) is 7.51. The van der Waals surface area contributed by atoms with Gasteiger partial charge >= 0.3 is 12.2 Å². The highest BCUT2D eigenvalue weighted by Crippen LogP contribution is 2.30. The fourth-order valence-corrected chi connectivity index (χ4v) is 2.82. The molecule has 3 N–H and O–H groups in total. The molecule has 2 aromatic rings. The lowest BCUT2D eigenvalue weighted by Crippen LogP contribution is -2.28. The molecule has 134 valence electrons. The molecule has 6 nitrogen and oxygen atoms in total. The first-order valence-corrected chi connectivity index (χ1v) is 7.94. The summed E-state index contributed by atoms with van der Waals surface area (Å²) in [4.78, 5) is 27.8. The topological polar surface area (TPSA) is 88.3 Å². The van der Waals surface area contributed by atoms with Gasteiger partial charge in [0.1, 0.15) is 5.01 Å². The molecule has 0 aliphatic heterocycles. The molecule has 0 fully saturated rings. The van der Waals surface area contributed by atoms with Crippen LogP contribution >= 0.6 is 11.3 Å². The van der Waals surface area contributed by atoms with Gasteiger partial charge in [0.05, 0.1) is 6.54 Å². The van der Waals surface area contributed by atoms with Crippen molar-refractivity contribution >= 4 is 23.3 Å². The molecular weight excluding hydrogens is 357 g/mol. The normalized spacial score (nSPS) is 11.2. The van der Waals surface area contributed by atoms with Gasteiger partial charge in [0.2, 0.25) is 0 Å². The van der Waals surface area contributed by atoms with Gasteiger partial charge in [-0.15, -0.1) is 11.3 Å². The Morgan fingerprint density at radius 2 is 1.92 bits per heavy atom. The van der Waals surface area contributed by atoms with Gasteiger partial charge in [-0.3, -0.25) is 4.79 Å². The maximum absolute atomic E-state index is 12.5. The van der Waals surface area contributed by atoms with Crippen LogP contribution in [0.25, 0.3) is 0 Å². The first-order chi connectivity index (χ1) is 11.7. The van der Waals surface area contributed by atoms with E-state index in [4.69, 9.17) is 5.73 Å².